The fourth-order valence-corrected chi connectivity index (χ4v) is 2.69. The molecular formula is C9H16. The topological polar surface area (TPSA) is 0 Å². The molecule has 2 aliphatic rings. The standard InChI is InChI=1S/C9H16/c1-7-5-8(2)9(6-7)3-4-9/h7-8H,3-6H2,1-2H3. The van der Waals surface area contributed by atoms with E-state index in [4.69, 9.17) is 0 Å². The van der Waals surface area contributed by atoms with Crippen LogP contribution in [0.25, 0.3) is 0 Å². The van der Waals surface area contributed by atoms with Gasteiger partial charge in [-0.2, -0.15) is 0 Å². The van der Waals surface area contributed by atoms with E-state index in [1.807, 2.05) is 0 Å². The van der Waals surface area contributed by atoms with Crippen LogP contribution < -0.4 is 0 Å². The van der Waals surface area contributed by atoms with Gasteiger partial charge in [-0.1, -0.05) is 13.8 Å². The van der Waals surface area contributed by atoms with Gasteiger partial charge in [0.1, 0.15) is 0 Å². The molecule has 0 heteroatoms. The Morgan fingerprint density at radius 1 is 1.22 bits per heavy atom. The second-order valence-corrected chi connectivity index (χ2v) is 4.31. The zero-order chi connectivity index (χ0) is 6.48. The quantitative estimate of drug-likeness (QED) is 0.466. The molecule has 52 valence electrons. The Balaban J connectivity index is 2.10. The number of rotatable bonds is 0. The predicted molar refractivity (Wildman–Crippen MR) is 39.2 cm³/mol. The highest BCUT2D eigenvalue weighted by atomic mass is 14.6. The summed E-state index contributed by atoms with van der Waals surface area (Å²) in [7, 11) is 0. The second kappa shape index (κ2) is 1.53. The van der Waals surface area contributed by atoms with Crippen molar-refractivity contribution in [3.63, 3.8) is 0 Å². The molecule has 9 heavy (non-hydrogen) atoms. The molecule has 2 fully saturated rings. The van der Waals surface area contributed by atoms with Gasteiger partial charge < -0.3 is 0 Å². The van der Waals surface area contributed by atoms with Gasteiger partial charge in [-0.15, -0.1) is 0 Å². The second-order valence-electron chi connectivity index (χ2n) is 4.31. The smallest absolute Gasteiger partial charge is 0.0269 e. The Labute approximate surface area is 57.6 Å². The minimum Gasteiger partial charge on any atom is -0.0625 e. The van der Waals surface area contributed by atoms with E-state index in [-0.39, 0.29) is 0 Å². The summed E-state index contributed by atoms with van der Waals surface area (Å²) in [5, 5.41) is 0. The molecule has 0 saturated heterocycles. The van der Waals surface area contributed by atoms with Crippen molar-refractivity contribution in [3.05, 3.63) is 0 Å². The molecule has 0 aromatic carbocycles. The van der Waals surface area contributed by atoms with E-state index >= 15 is 0 Å². The van der Waals surface area contributed by atoms with Crippen LogP contribution in [-0.2, 0) is 0 Å². The van der Waals surface area contributed by atoms with Crippen LogP contribution in [0, 0.1) is 17.3 Å². The molecule has 0 bridgehead atoms. The molecule has 0 N–H and O–H groups in total. The number of hydrogen-bond acceptors (Lipinski definition) is 0. The first kappa shape index (κ1) is 5.76. The molecular weight excluding hydrogens is 108 g/mol. The van der Waals surface area contributed by atoms with E-state index in [2.05, 4.69) is 13.8 Å². The lowest BCUT2D eigenvalue weighted by Gasteiger charge is -2.10. The lowest BCUT2D eigenvalue weighted by Crippen LogP contribution is -2.02. The van der Waals surface area contributed by atoms with Crippen molar-refractivity contribution in [2.75, 3.05) is 0 Å². The molecule has 0 aliphatic heterocycles. The van der Waals surface area contributed by atoms with Crippen LogP contribution in [0.15, 0.2) is 0 Å². The van der Waals surface area contributed by atoms with Crippen molar-refractivity contribution in [2.45, 2.75) is 39.5 Å². The van der Waals surface area contributed by atoms with E-state index < -0.39 is 0 Å². The Hall–Kier alpha value is 0. The summed E-state index contributed by atoms with van der Waals surface area (Å²) in [4.78, 5) is 0. The minimum absolute atomic E-state index is 0.874. The van der Waals surface area contributed by atoms with Crippen molar-refractivity contribution >= 4 is 0 Å². The van der Waals surface area contributed by atoms with Gasteiger partial charge in [0.2, 0.25) is 0 Å². The summed E-state index contributed by atoms with van der Waals surface area (Å²) in [5.74, 6) is 2.08. The fraction of sp³-hybridized carbons (Fsp3) is 1.00. The van der Waals surface area contributed by atoms with Gasteiger partial charge in [0.15, 0.2) is 0 Å². The van der Waals surface area contributed by atoms with Gasteiger partial charge in [0, 0.05) is 0 Å². The van der Waals surface area contributed by atoms with Crippen molar-refractivity contribution in [3.8, 4) is 0 Å². The lowest BCUT2D eigenvalue weighted by atomic mass is 9.95. The maximum absolute atomic E-state index is 2.44. The highest BCUT2D eigenvalue weighted by Gasteiger charge is 2.51. The molecule has 2 rings (SSSR count). The Bertz CT molecular complexity index is 122. The molecule has 0 radical (unpaired) electrons. The first-order chi connectivity index (χ1) is 4.23. The van der Waals surface area contributed by atoms with Gasteiger partial charge >= 0.3 is 0 Å². The Morgan fingerprint density at radius 2 is 1.89 bits per heavy atom. The van der Waals surface area contributed by atoms with Crippen LogP contribution in [0.3, 0.4) is 0 Å². The highest BCUT2D eigenvalue weighted by molar-refractivity contribution is 5.02. The van der Waals surface area contributed by atoms with Gasteiger partial charge in [-0.25, -0.2) is 0 Å². The molecule has 2 aliphatic carbocycles. The zero-order valence-electron chi connectivity index (χ0n) is 6.48. The van der Waals surface area contributed by atoms with Gasteiger partial charge in [-0.05, 0) is 42.9 Å². The van der Waals surface area contributed by atoms with Gasteiger partial charge in [-0.3, -0.25) is 0 Å². The molecule has 0 aromatic heterocycles. The van der Waals surface area contributed by atoms with Crippen LogP contribution in [0.5, 0.6) is 0 Å². The maximum Gasteiger partial charge on any atom is -0.0269 e. The lowest BCUT2D eigenvalue weighted by molar-refractivity contribution is 0.395. The molecule has 0 heterocycles. The van der Waals surface area contributed by atoms with E-state index in [0.29, 0.717) is 0 Å². The first-order valence-corrected chi connectivity index (χ1v) is 4.23. The summed E-state index contributed by atoms with van der Waals surface area (Å²) in [6.45, 7) is 4.85. The van der Waals surface area contributed by atoms with Crippen molar-refractivity contribution < 1.29 is 0 Å². The van der Waals surface area contributed by atoms with Crippen LogP contribution in [-0.4, -0.2) is 0 Å². The molecule has 2 unspecified atom stereocenters. The SMILES string of the molecule is CC1CC(C)C2(CC2)C1. The largest absolute Gasteiger partial charge is 0.0625 e. The van der Waals surface area contributed by atoms with E-state index in [9.17, 15) is 0 Å². The summed E-state index contributed by atoms with van der Waals surface area (Å²) in [6.07, 6.45) is 6.12. The van der Waals surface area contributed by atoms with Gasteiger partial charge in [0.25, 0.3) is 0 Å². The average molecular weight is 124 g/mol. The predicted octanol–water partition coefficient (Wildman–Crippen LogP) is 2.83. The summed E-state index contributed by atoms with van der Waals surface area (Å²) in [6, 6.07) is 0. The third-order valence-electron chi connectivity index (χ3n) is 3.45. The fourth-order valence-electron chi connectivity index (χ4n) is 2.69. The molecule has 0 amide bonds. The molecule has 2 saturated carbocycles. The monoisotopic (exact) mass is 124 g/mol. The summed E-state index contributed by atoms with van der Waals surface area (Å²) >= 11 is 0. The zero-order valence-corrected chi connectivity index (χ0v) is 6.48. The Morgan fingerprint density at radius 3 is 2.11 bits per heavy atom. The normalized spacial score (nSPS) is 46.0. The summed E-state index contributed by atoms with van der Waals surface area (Å²) < 4.78 is 0. The first-order valence-electron chi connectivity index (χ1n) is 4.23. The van der Waals surface area contributed by atoms with E-state index in [0.717, 1.165) is 17.3 Å². The van der Waals surface area contributed by atoms with Crippen molar-refractivity contribution in [1.82, 2.24) is 0 Å². The highest BCUT2D eigenvalue weighted by Crippen LogP contribution is 2.62. The maximum atomic E-state index is 2.44. The van der Waals surface area contributed by atoms with Crippen LogP contribution in [0.1, 0.15) is 39.5 Å². The van der Waals surface area contributed by atoms with Crippen LogP contribution in [0.2, 0.25) is 0 Å². The molecule has 1 spiro atoms. The van der Waals surface area contributed by atoms with Crippen molar-refractivity contribution in [1.29, 1.82) is 0 Å². The molecule has 0 nitrogen and oxygen atoms in total. The minimum atomic E-state index is 0.874. The van der Waals surface area contributed by atoms with Crippen LogP contribution in [0.4, 0.5) is 0 Å². The molecule has 2 atom stereocenters. The average Bonchev–Trinajstić information content (AvgIpc) is 2.42. The Kier molecular flexibility index (Phi) is 0.980. The van der Waals surface area contributed by atoms with E-state index in [1.165, 1.54) is 12.8 Å². The van der Waals surface area contributed by atoms with Gasteiger partial charge in [0.05, 0.1) is 0 Å². The third-order valence-corrected chi connectivity index (χ3v) is 3.45. The summed E-state index contributed by atoms with van der Waals surface area (Å²) in [5.41, 5.74) is 0.874. The third kappa shape index (κ3) is 0.720. The van der Waals surface area contributed by atoms with E-state index in [1.54, 1.807) is 12.8 Å². The number of hydrogen-bond donors (Lipinski definition) is 0. The molecule has 0 aromatic rings. The van der Waals surface area contributed by atoms with Crippen LogP contribution >= 0.6 is 0 Å². The van der Waals surface area contributed by atoms with Crippen molar-refractivity contribution in [2.24, 2.45) is 17.3 Å².